The maximum atomic E-state index is 9.73. The molecular weight excluding hydrogens is 420 g/mol. The van der Waals surface area contributed by atoms with Crippen LogP contribution in [-0.2, 0) is 45.7 Å². The first kappa shape index (κ1) is 9.92. The van der Waals surface area contributed by atoms with Crippen molar-refractivity contribution in [1.82, 2.24) is 0 Å². The molecule has 3 heteroatoms. The third-order valence-corrected chi connectivity index (χ3v) is 0.765. The van der Waals surface area contributed by atoms with E-state index in [0.717, 1.165) is 19.8 Å². The fraction of sp³-hybridized carbons (Fsp3) is 0. The van der Waals surface area contributed by atoms with Crippen molar-refractivity contribution in [3.8, 4) is 0 Å². The van der Waals surface area contributed by atoms with Gasteiger partial charge in [-0.15, -0.1) is 0 Å². The maximum absolute atomic E-state index is 9.73. The van der Waals surface area contributed by atoms with Crippen LogP contribution < -0.4 is 0 Å². The molecule has 0 amide bonds. The van der Waals surface area contributed by atoms with E-state index in [1.165, 1.54) is 6.08 Å². The monoisotopic (exact) mass is 423 g/mol. The van der Waals surface area contributed by atoms with Crippen molar-refractivity contribution < 1.29 is 45.7 Å². The molecule has 0 heterocycles. The Balaban J connectivity index is 0. The Kier molecular flexibility index (Phi) is 9.57. The van der Waals surface area contributed by atoms with Crippen molar-refractivity contribution >= 4 is 4.17 Å². The van der Waals surface area contributed by atoms with Gasteiger partial charge in [-0.3, -0.25) is 0 Å². The summed E-state index contributed by atoms with van der Waals surface area (Å²) in [5, 5.41) is 0. The van der Waals surface area contributed by atoms with E-state index in [9.17, 15) is 4.79 Å². The number of hydrogen-bond acceptors (Lipinski definition) is 1. The zero-order valence-corrected chi connectivity index (χ0v) is 8.88. The van der Waals surface area contributed by atoms with Gasteiger partial charge in [0.05, 0.1) is 0 Å². The van der Waals surface area contributed by atoms with Crippen LogP contribution in [0.2, 0.25) is 0 Å². The molecule has 0 saturated heterocycles. The summed E-state index contributed by atoms with van der Waals surface area (Å²) < 4.78 is 0.102. The van der Waals surface area contributed by atoms with Crippen LogP contribution >= 0.6 is 0 Å². The second-order valence-electron chi connectivity index (χ2n) is 0.523. The Morgan fingerprint density at radius 3 is 2.00 bits per heavy atom. The summed E-state index contributed by atoms with van der Waals surface area (Å²) in [7, 11) is 0. The SMILES string of the molecule is C=C[C](=O)[W].[W]. The Morgan fingerprint density at radius 1 is 1.83 bits per heavy atom. The molecule has 0 aromatic heterocycles. The van der Waals surface area contributed by atoms with Crippen LogP contribution in [0.4, 0.5) is 0 Å². The van der Waals surface area contributed by atoms with Crippen LogP contribution in [0.5, 0.6) is 0 Å². The molecule has 0 bridgehead atoms. The minimum absolute atomic E-state index is 0. The van der Waals surface area contributed by atoms with E-state index in [-0.39, 0.29) is 25.2 Å². The molecule has 0 fully saturated rings. The number of carbonyl (C=O) groups excluding carboxylic acids is 1. The Morgan fingerprint density at radius 2 is 2.00 bits per heavy atom. The average molecular weight is 423 g/mol. The third kappa shape index (κ3) is 8.84. The fourth-order valence-corrected chi connectivity index (χ4v) is 0. The first-order valence-electron chi connectivity index (χ1n) is 1.11. The van der Waals surface area contributed by atoms with Gasteiger partial charge in [-0.05, 0) is 0 Å². The van der Waals surface area contributed by atoms with Crippen LogP contribution in [0.3, 0.4) is 0 Å². The summed E-state index contributed by atoms with van der Waals surface area (Å²) in [5.74, 6) is 0. The van der Waals surface area contributed by atoms with E-state index in [1.54, 1.807) is 0 Å². The summed E-state index contributed by atoms with van der Waals surface area (Å²) >= 11 is 0.954. The van der Waals surface area contributed by atoms with Gasteiger partial charge < -0.3 is 0 Å². The summed E-state index contributed by atoms with van der Waals surface area (Å²) in [6, 6.07) is 0. The molecule has 0 N–H and O–H groups in total. The number of hydrogen-bond donors (Lipinski definition) is 0. The van der Waals surface area contributed by atoms with Gasteiger partial charge in [-0.25, -0.2) is 0 Å². The Bertz CT molecular complexity index is 59.8. The average Bonchev–Trinajstić information content (AvgIpc) is 1.38. The molecule has 0 saturated carbocycles. The summed E-state index contributed by atoms with van der Waals surface area (Å²) in [5.41, 5.74) is 0. The molecule has 0 aromatic carbocycles. The van der Waals surface area contributed by atoms with Crippen LogP contribution in [0.15, 0.2) is 12.7 Å². The topological polar surface area (TPSA) is 17.1 Å². The molecule has 0 aliphatic heterocycles. The van der Waals surface area contributed by atoms with Crippen molar-refractivity contribution in [3.05, 3.63) is 12.7 Å². The van der Waals surface area contributed by atoms with E-state index < -0.39 is 0 Å². The van der Waals surface area contributed by atoms with E-state index in [1.807, 2.05) is 0 Å². The van der Waals surface area contributed by atoms with Gasteiger partial charge in [0.15, 0.2) is 0 Å². The molecule has 0 unspecified atom stereocenters. The van der Waals surface area contributed by atoms with Crippen LogP contribution in [0, 0.1) is 0 Å². The van der Waals surface area contributed by atoms with Crippen LogP contribution in [-0.4, -0.2) is 4.17 Å². The van der Waals surface area contributed by atoms with Gasteiger partial charge in [-0.2, -0.15) is 0 Å². The fourth-order valence-electron chi connectivity index (χ4n) is 0. The summed E-state index contributed by atoms with van der Waals surface area (Å²) in [6.07, 6.45) is 1.31. The normalized spacial score (nSPS) is 5.33. The van der Waals surface area contributed by atoms with Crippen molar-refractivity contribution in [1.29, 1.82) is 0 Å². The van der Waals surface area contributed by atoms with Gasteiger partial charge in [0.2, 0.25) is 0 Å². The second-order valence-corrected chi connectivity index (χ2v) is 1.97. The zero-order chi connectivity index (χ0) is 4.28. The zero-order valence-electron chi connectivity index (χ0n) is 3.01. The smallest absolute Gasteiger partial charge is 0 e. The Labute approximate surface area is 62.4 Å². The predicted molar refractivity (Wildman–Crippen MR) is 15.2 cm³/mol. The molecule has 0 atom stereocenters. The Hall–Kier alpha value is 0.787. The molecule has 0 rings (SSSR count). The van der Waals surface area contributed by atoms with Crippen LogP contribution in [0.25, 0.3) is 0 Å². The van der Waals surface area contributed by atoms with Crippen molar-refractivity contribution in [2.45, 2.75) is 0 Å². The molecule has 0 aliphatic carbocycles. The van der Waals surface area contributed by atoms with Gasteiger partial charge in [-0.1, -0.05) is 0 Å². The minimum atomic E-state index is 0. The van der Waals surface area contributed by atoms with E-state index in [0.29, 0.717) is 0 Å². The van der Waals surface area contributed by atoms with Gasteiger partial charge in [0.25, 0.3) is 0 Å². The molecule has 0 radical (unpaired) electrons. The van der Waals surface area contributed by atoms with Crippen molar-refractivity contribution in [2.75, 3.05) is 0 Å². The number of rotatable bonds is 1. The molecule has 6 heavy (non-hydrogen) atoms. The largest absolute Gasteiger partial charge is 0 e. The summed E-state index contributed by atoms with van der Waals surface area (Å²) in [4.78, 5) is 9.73. The predicted octanol–water partition coefficient (Wildman–Crippen LogP) is 0.243. The van der Waals surface area contributed by atoms with E-state index in [2.05, 4.69) is 6.58 Å². The first-order chi connectivity index (χ1) is 2.27. The number of carbonyl (C=O) groups is 1. The van der Waals surface area contributed by atoms with Crippen LogP contribution in [0.1, 0.15) is 0 Å². The quantitative estimate of drug-likeness (QED) is 0.554. The number of allylic oxidation sites excluding steroid dienone is 1. The summed E-state index contributed by atoms with van der Waals surface area (Å²) in [6.45, 7) is 3.23. The molecule has 0 aromatic rings. The minimum Gasteiger partial charge on any atom is 0 e. The first-order valence-corrected chi connectivity index (χ1v) is 2.57. The van der Waals surface area contributed by atoms with E-state index >= 15 is 0 Å². The van der Waals surface area contributed by atoms with E-state index in [4.69, 9.17) is 0 Å². The van der Waals surface area contributed by atoms with Gasteiger partial charge >= 0.3 is 41.4 Å². The van der Waals surface area contributed by atoms with Gasteiger partial charge in [0.1, 0.15) is 0 Å². The molecule has 33 valence electrons. The maximum Gasteiger partial charge on any atom is 0 e. The van der Waals surface area contributed by atoms with Crippen molar-refractivity contribution in [2.24, 2.45) is 0 Å². The molecule has 1 nitrogen and oxygen atoms in total. The van der Waals surface area contributed by atoms with Gasteiger partial charge in [0, 0.05) is 21.1 Å². The molecular formula is C3H3OW2. The second kappa shape index (κ2) is 5.79. The molecule has 0 aliphatic rings. The standard InChI is InChI=1S/C3H3O.2W/c1-2-3-4;;/h2H,1H2;;. The third-order valence-electron chi connectivity index (χ3n) is 0.167. The van der Waals surface area contributed by atoms with Crippen molar-refractivity contribution in [3.63, 3.8) is 0 Å². The molecule has 0 spiro atoms.